The van der Waals surface area contributed by atoms with Crippen LogP contribution in [-0.2, 0) is 6.54 Å². The van der Waals surface area contributed by atoms with E-state index in [1.807, 2.05) is 6.07 Å². The van der Waals surface area contributed by atoms with Crippen molar-refractivity contribution >= 4 is 5.97 Å². The van der Waals surface area contributed by atoms with Crippen LogP contribution in [0.5, 0.6) is 0 Å². The maximum atomic E-state index is 10.7. The Kier molecular flexibility index (Phi) is 2.88. The van der Waals surface area contributed by atoms with Crippen LogP contribution in [-0.4, -0.2) is 20.9 Å². The Morgan fingerprint density at radius 3 is 2.65 bits per heavy atom. The van der Waals surface area contributed by atoms with Gasteiger partial charge in [0.1, 0.15) is 6.54 Å². The van der Waals surface area contributed by atoms with Gasteiger partial charge in [-0.1, -0.05) is 12.1 Å². The van der Waals surface area contributed by atoms with Gasteiger partial charge in [-0.2, -0.15) is 10.4 Å². The van der Waals surface area contributed by atoms with Gasteiger partial charge in [0.05, 0.1) is 17.8 Å². The van der Waals surface area contributed by atoms with Gasteiger partial charge in [0.25, 0.3) is 0 Å². The lowest BCUT2D eigenvalue weighted by molar-refractivity contribution is 0.0697. The van der Waals surface area contributed by atoms with Crippen molar-refractivity contribution in [1.82, 2.24) is 9.78 Å². The Morgan fingerprint density at radius 1 is 1.35 bits per heavy atom. The molecule has 0 radical (unpaired) electrons. The van der Waals surface area contributed by atoms with Crippen LogP contribution in [0.15, 0.2) is 36.7 Å². The molecule has 0 atom stereocenters. The minimum Gasteiger partial charge on any atom is -0.478 e. The molecule has 0 unspecified atom stereocenters. The van der Waals surface area contributed by atoms with Crippen LogP contribution in [0, 0.1) is 11.3 Å². The number of aromatic carboxylic acids is 1. The van der Waals surface area contributed by atoms with E-state index in [0.717, 1.165) is 11.1 Å². The molecule has 1 aromatic carbocycles. The highest BCUT2D eigenvalue weighted by molar-refractivity contribution is 5.88. The zero-order valence-corrected chi connectivity index (χ0v) is 8.87. The Morgan fingerprint density at radius 2 is 2.06 bits per heavy atom. The summed E-state index contributed by atoms with van der Waals surface area (Å²) in [5, 5.41) is 21.3. The van der Waals surface area contributed by atoms with Gasteiger partial charge in [-0.15, -0.1) is 0 Å². The van der Waals surface area contributed by atoms with Gasteiger partial charge in [-0.3, -0.25) is 4.68 Å². The molecule has 0 fully saturated rings. The Balaban J connectivity index is 2.27. The van der Waals surface area contributed by atoms with E-state index in [4.69, 9.17) is 10.4 Å². The average Bonchev–Trinajstić information content (AvgIpc) is 2.78. The molecule has 0 saturated heterocycles. The van der Waals surface area contributed by atoms with E-state index < -0.39 is 5.97 Å². The fourth-order valence-electron chi connectivity index (χ4n) is 1.48. The van der Waals surface area contributed by atoms with Gasteiger partial charge in [0, 0.05) is 11.8 Å². The number of benzene rings is 1. The van der Waals surface area contributed by atoms with E-state index in [0.29, 0.717) is 0 Å². The lowest BCUT2D eigenvalue weighted by Crippen LogP contribution is -1.95. The summed E-state index contributed by atoms with van der Waals surface area (Å²) in [6, 6.07) is 8.52. The molecular weight excluding hydrogens is 218 g/mol. The van der Waals surface area contributed by atoms with Gasteiger partial charge < -0.3 is 5.11 Å². The lowest BCUT2D eigenvalue weighted by Gasteiger charge is -1.98. The number of aromatic nitrogens is 2. The highest BCUT2D eigenvalue weighted by Gasteiger charge is 2.04. The van der Waals surface area contributed by atoms with Gasteiger partial charge >= 0.3 is 5.97 Å². The van der Waals surface area contributed by atoms with Crippen LogP contribution < -0.4 is 0 Å². The normalized spacial score (nSPS) is 9.82. The molecule has 2 aromatic rings. The van der Waals surface area contributed by atoms with Crippen molar-refractivity contribution < 1.29 is 9.90 Å². The van der Waals surface area contributed by atoms with Crippen molar-refractivity contribution in [2.75, 3.05) is 0 Å². The van der Waals surface area contributed by atoms with Crippen molar-refractivity contribution in [3.63, 3.8) is 0 Å². The molecule has 1 N–H and O–H groups in total. The Labute approximate surface area is 97.5 Å². The standard InChI is InChI=1S/C12H9N3O2/c13-5-6-15-8-11(7-14-15)9-1-3-10(4-2-9)12(16)17/h1-4,7-8H,6H2,(H,16,17). The van der Waals surface area contributed by atoms with Crippen molar-refractivity contribution in [2.24, 2.45) is 0 Å². The second-order valence-electron chi connectivity index (χ2n) is 3.47. The molecule has 0 aliphatic rings. The van der Waals surface area contributed by atoms with E-state index in [1.54, 1.807) is 36.7 Å². The van der Waals surface area contributed by atoms with Gasteiger partial charge in [0.2, 0.25) is 0 Å². The molecular formula is C12H9N3O2. The third kappa shape index (κ3) is 2.32. The van der Waals surface area contributed by atoms with Crippen LogP contribution in [0.4, 0.5) is 0 Å². The molecule has 2 rings (SSSR count). The van der Waals surface area contributed by atoms with Crippen molar-refractivity contribution in [2.45, 2.75) is 6.54 Å². The number of nitrogens with zero attached hydrogens (tertiary/aromatic N) is 3. The van der Waals surface area contributed by atoms with Crippen LogP contribution in [0.2, 0.25) is 0 Å². The molecule has 0 aliphatic carbocycles. The summed E-state index contributed by atoms with van der Waals surface area (Å²) >= 11 is 0. The molecule has 0 amide bonds. The number of hydrogen-bond acceptors (Lipinski definition) is 3. The third-order valence-corrected chi connectivity index (χ3v) is 2.33. The number of carboxylic acid groups (broad SMARTS) is 1. The zero-order valence-electron chi connectivity index (χ0n) is 8.87. The van der Waals surface area contributed by atoms with Gasteiger partial charge in [-0.05, 0) is 17.7 Å². The number of carbonyl (C=O) groups is 1. The number of rotatable bonds is 3. The number of hydrogen-bond donors (Lipinski definition) is 1. The molecule has 0 saturated carbocycles. The largest absolute Gasteiger partial charge is 0.478 e. The second-order valence-corrected chi connectivity index (χ2v) is 3.47. The lowest BCUT2D eigenvalue weighted by atomic mass is 10.1. The maximum absolute atomic E-state index is 10.7. The minimum absolute atomic E-state index is 0.202. The summed E-state index contributed by atoms with van der Waals surface area (Å²) in [7, 11) is 0. The molecule has 17 heavy (non-hydrogen) atoms. The maximum Gasteiger partial charge on any atom is 0.335 e. The Hall–Kier alpha value is -2.61. The minimum atomic E-state index is -0.947. The number of carboxylic acids is 1. The molecule has 84 valence electrons. The predicted octanol–water partition coefficient (Wildman–Crippen LogP) is 1.77. The predicted molar refractivity (Wildman–Crippen MR) is 60.2 cm³/mol. The van der Waals surface area contributed by atoms with Crippen LogP contribution >= 0.6 is 0 Å². The van der Waals surface area contributed by atoms with E-state index in [-0.39, 0.29) is 12.1 Å². The first-order valence-corrected chi connectivity index (χ1v) is 4.94. The topological polar surface area (TPSA) is 78.9 Å². The fraction of sp³-hybridized carbons (Fsp3) is 0.0833. The molecule has 1 aromatic heterocycles. The molecule has 5 heteroatoms. The highest BCUT2D eigenvalue weighted by atomic mass is 16.4. The second kappa shape index (κ2) is 4.49. The van der Waals surface area contributed by atoms with Crippen molar-refractivity contribution in [3.8, 4) is 17.2 Å². The average molecular weight is 227 g/mol. The monoisotopic (exact) mass is 227 g/mol. The van der Waals surface area contributed by atoms with Crippen molar-refractivity contribution in [3.05, 3.63) is 42.2 Å². The summed E-state index contributed by atoms with van der Waals surface area (Å²) in [5.41, 5.74) is 1.98. The van der Waals surface area contributed by atoms with Crippen LogP contribution in [0.3, 0.4) is 0 Å². The van der Waals surface area contributed by atoms with E-state index in [1.165, 1.54) is 4.68 Å². The fourth-order valence-corrected chi connectivity index (χ4v) is 1.48. The summed E-state index contributed by atoms with van der Waals surface area (Å²) in [4.78, 5) is 10.7. The van der Waals surface area contributed by atoms with E-state index in [9.17, 15) is 4.79 Å². The van der Waals surface area contributed by atoms with Crippen LogP contribution in [0.1, 0.15) is 10.4 Å². The SMILES string of the molecule is N#CCn1cc(-c2ccc(C(=O)O)cc2)cn1. The first-order chi connectivity index (χ1) is 8.20. The van der Waals surface area contributed by atoms with Gasteiger partial charge in [0.15, 0.2) is 0 Å². The van der Waals surface area contributed by atoms with Crippen LogP contribution in [0.25, 0.3) is 11.1 Å². The van der Waals surface area contributed by atoms with Gasteiger partial charge in [-0.25, -0.2) is 4.79 Å². The first-order valence-electron chi connectivity index (χ1n) is 4.94. The molecule has 5 nitrogen and oxygen atoms in total. The first kappa shape index (κ1) is 10.9. The quantitative estimate of drug-likeness (QED) is 0.866. The summed E-state index contributed by atoms with van der Waals surface area (Å²) in [6.07, 6.45) is 3.39. The smallest absolute Gasteiger partial charge is 0.335 e. The third-order valence-electron chi connectivity index (χ3n) is 2.33. The highest BCUT2D eigenvalue weighted by Crippen LogP contribution is 2.18. The van der Waals surface area contributed by atoms with E-state index in [2.05, 4.69) is 5.10 Å². The molecule has 0 spiro atoms. The Bertz CT molecular complexity index is 579. The summed E-state index contributed by atoms with van der Waals surface area (Å²) in [6.45, 7) is 0.202. The molecule has 0 aliphatic heterocycles. The van der Waals surface area contributed by atoms with E-state index >= 15 is 0 Å². The zero-order chi connectivity index (χ0) is 12.3. The molecule has 0 bridgehead atoms. The molecule has 1 heterocycles. The summed E-state index contributed by atoms with van der Waals surface area (Å²) in [5.74, 6) is -0.947. The summed E-state index contributed by atoms with van der Waals surface area (Å²) < 4.78 is 1.53. The van der Waals surface area contributed by atoms with Crippen molar-refractivity contribution in [1.29, 1.82) is 5.26 Å². The number of nitriles is 1.